The molecule has 0 spiro atoms. The fourth-order valence-corrected chi connectivity index (χ4v) is 3.51. The Bertz CT molecular complexity index is 774. The molecular formula is C14H12BrNO4S. The topological polar surface area (TPSA) is 72.5 Å². The molecule has 7 heteroatoms. The van der Waals surface area contributed by atoms with Crippen molar-refractivity contribution in [2.24, 2.45) is 0 Å². The molecule has 0 unspecified atom stereocenters. The first kappa shape index (κ1) is 15.5. The van der Waals surface area contributed by atoms with Crippen LogP contribution in [0.2, 0.25) is 0 Å². The van der Waals surface area contributed by atoms with Crippen LogP contribution in [-0.4, -0.2) is 21.5 Å². The molecule has 2 rings (SSSR count). The van der Waals surface area contributed by atoms with Crippen LogP contribution in [0.3, 0.4) is 0 Å². The molecule has 0 aliphatic carbocycles. The molecule has 0 saturated carbocycles. The summed E-state index contributed by atoms with van der Waals surface area (Å²) in [6.07, 6.45) is 0. The third kappa shape index (κ3) is 3.43. The Morgan fingerprint density at radius 3 is 2.38 bits per heavy atom. The number of halogens is 1. The van der Waals surface area contributed by atoms with Crippen molar-refractivity contribution in [3.8, 4) is 0 Å². The fourth-order valence-electron chi connectivity index (χ4n) is 1.72. The number of anilines is 1. The minimum Gasteiger partial charge on any atom is -0.465 e. The Morgan fingerprint density at radius 2 is 1.71 bits per heavy atom. The fraction of sp³-hybridized carbons (Fsp3) is 0.0714. The molecule has 5 nitrogen and oxygen atoms in total. The number of methoxy groups -OCH3 is 1. The van der Waals surface area contributed by atoms with E-state index in [1.165, 1.54) is 19.2 Å². The number of ether oxygens (including phenoxy) is 1. The molecule has 2 aromatic carbocycles. The molecule has 110 valence electrons. The Morgan fingerprint density at radius 1 is 1.10 bits per heavy atom. The first-order chi connectivity index (χ1) is 9.95. The number of carbonyl (C=O) groups excluding carboxylic acids is 1. The van der Waals surface area contributed by atoms with E-state index in [0.29, 0.717) is 10.2 Å². The molecule has 0 aliphatic heterocycles. The zero-order valence-electron chi connectivity index (χ0n) is 11.0. The first-order valence-corrected chi connectivity index (χ1v) is 8.18. The summed E-state index contributed by atoms with van der Waals surface area (Å²) in [6.45, 7) is 0. The Kier molecular flexibility index (Phi) is 4.64. The number of hydrogen-bond acceptors (Lipinski definition) is 4. The summed E-state index contributed by atoms with van der Waals surface area (Å²) in [5, 5.41) is 0. The number of rotatable bonds is 4. The van der Waals surface area contributed by atoms with Crippen LogP contribution in [0.15, 0.2) is 57.9 Å². The molecule has 0 amide bonds. The van der Waals surface area contributed by atoms with Gasteiger partial charge >= 0.3 is 5.97 Å². The van der Waals surface area contributed by atoms with Crippen LogP contribution < -0.4 is 4.72 Å². The number of hydrogen-bond donors (Lipinski definition) is 1. The molecule has 2 aromatic rings. The van der Waals surface area contributed by atoms with Gasteiger partial charge in [0.15, 0.2) is 0 Å². The van der Waals surface area contributed by atoms with Crippen LogP contribution in [0.25, 0.3) is 0 Å². The highest BCUT2D eigenvalue weighted by Gasteiger charge is 2.23. The highest BCUT2D eigenvalue weighted by Crippen LogP contribution is 2.25. The van der Waals surface area contributed by atoms with Gasteiger partial charge in [-0.25, -0.2) is 13.2 Å². The van der Waals surface area contributed by atoms with Gasteiger partial charge in [-0.05, 0) is 40.2 Å². The predicted octanol–water partition coefficient (Wildman–Crippen LogP) is 3.04. The molecule has 0 fully saturated rings. The van der Waals surface area contributed by atoms with Crippen molar-refractivity contribution in [2.75, 3.05) is 11.8 Å². The van der Waals surface area contributed by atoms with E-state index < -0.39 is 16.0 Å². The lowest BCUT2D eigenvalue weighted by molar-refractivity contribution is 0.0596. The quantitative estimate of drug-likeness (QED) is 0.840. The molecule has 0 atom stereocenters. The number of para-hydroxylation sites is 1. The van der Waals surface area contributed by atoms with Crippen molar-refractivity contribution >= 4 is 37.6 Å². The second-order valence-electron chi connectivity index (χ2n) is 4.07. The van der Waals surface area contributed by atoms with E-state index in [2.05, 4.69) is 25.4 Å². The van der Waals surface area contributed by atoms with E-state index in [-0.39, 0.29) is 10.5 Å². The third-order valence-electron chi connectivity index (χ3n) is 2.70. The summed E-state index contributed by atoms with van der Waals surface area (Å²) in [7, 11) is -2.70. The predicted molar refractivity (Wildman–Crippen MR) is 82.7 cm³/mol. The largest absolute Gasteiger partial charge is 0.465 e. The highest BCUT2D eigenvalue weighted by molar-refractivity contribution is 9.10. The Balaban J connectivity index is 2.46. The summed E-state index contributed by atoms with van der Waals surface area (Å²) < 4.78 is 32.6. The lowest BCUT2D eigenvalue weighted by Gasteiger charge is -2.12. The lowest BCUT2D eigenvalue weighted by Crippen LogP contribution is -2.17. The van der Waals surface area contributed by atoms with Crippen LogP contribution in [0.1, 0.15) is 10.4 Å². The van der Waals surface area contributed by atoms with E-state index in [1.54, 1.807) is 36.4 Å². The van der Waals surface area contributed by atoms with E-state index in [9.17, 15) is 13.2 Å². The molecule has 1 N–H and O–H groups in total. The van der Waals surface area contributed by atoms with Crippen LogP contribution in [-0.2, 0) is 14.8 Å². The molecule has 0 aromatic heterocycles. The van der Waals surface area contributed by atoms with Gasteiger partial charge < -0.3 is 4.74 Å². The van der Waals surface area contributed by atoms with Gasteiger partial charge in [-0.15, -0.1) is 0 Å². The van der Waals surface area contributed by atoms with Crippen molar-refractivity contribution in [1.29, 1.82) is 0 Å². The standard InChI is InChI=1S/C14H12BrNO4S/c1-20-14(17)10-6-2-5-9-13(10)21(18,19)16-12-8-4-3-7-11(12)15/h2-9,16H,1H3. The maximum Gasteiger partial charge on any atom is 0.339 e. The van der Waals surface area contributed by atoms with Gasteiger partial charge in [-0.3, -0.25) is 4.72 Å². The molecular weight excluding hydrogens is 358 g/mol. The van der Waals surface area contributed by atoms with Crippen molar-refractivity contribution in [3.63, 3.8) is 0 Å². The maximum atomic E-state index is 12.5. The molecule has 0 radical (unpaired) electrons. The van der Waals surface area contributed by atoms with E-state index in [1.807, 2.05) is 0 Å². The zero-order chi connectivity index (χ0) is 15.5. The first-order valence-electron chi connectivity index (χ1n) is 5.90. The second kappa shape index (κ2) is 6.28. The summed E-state index contributed by atoms with van der Waals surface area (Å²) in [6, 6.07) is 12.7. The molecule has 0 bridgehead atoms. The van der Waals surface area contributed by atoms with E-state index in [0.717, 1.165) is 0 Å². The van der Waals surface area contributed by atoms with Crippen molar-refractivity contribution < 1.29 is 17.9 Å². The minimum absolute atomic E-state index is 0.0143. The van der Waals surface area contributed by atoms with Gasteiger partial charge in [0.2, 0.25) is 0 Å². The number of benzene rings is 2. The molecule has 0 heterocycles. The summed E-state index contributed by atoms with van der Waals surface area (Å²) in [5.74, 6) is -0.705. The Labute approximate surface area is 131 Å². The normalized spacial score (nSPS) is 11.0. The SMILES string of the molecule is COC(=O)c1ccccc1S(=O)(=O)Nc1ccccc1Br. The van der Waals surface area contributed by atoms with Crippen molar-refractivity contribution in [1.82, 2.24) is 0 Å². The maximum absolute atomic E-state index is 12.5. The van der Waals surface area contributed by atoms with E-state index in [4.69, 9.17) is 0 Å². The van der Waals surface area contributed by atoms with Crippen LogP contribution >= 0.6 is 15.9 Å². The van der Waals surface area contributed by atoms with Gasteiger partial charge in [-0.2, -0.15) is 0 Å². The van der Waals surface area contributed by atoms with E-state index >= 15 is 0 Å². The van der Waals surface area contributed by atoms with Crippen LogP contribution in [0.4, 0.5) is 5.69 Å². The Hall–Kier alpha value is -1.86. The van der Waals surface area contributed by atoms with Crippen molar-refractivity contribution in [2.45, 2.75) is 4.90 Å². The number of esters is 1. The van der Waals surface area contributed by atoms with Crippen molar-refractivity contribution in [3.05, 3.63) is 58.6 Å². The van der Waals surface area contributed by atoms with Gasteiger partial charge in [0.25, 0.3) is 10.0 Å². The molecule has 0 saturated heterocycles. The van der Waals surface area contributed by atoms with Gasteiger partial charge in [0.1, 0.15) is 4.90 Å². The number of nitrogens with one attached hydrogen (secondary N) is 1. The summed E-state index contributed by atoms with van der Waals surface area (Å²) >= 11 is 3.26. The minimum atomic E-state index is -3.90. The van der Waals surface area contributed by atoms with Gasteiger partial charge in [0, 0.05) is 4.47 Å². The zero-order valence-corrected chi connectivity index (χ0v) is 13.4. The smallest absolute Gasteiger partial charge is 0.339 e. The number of carbonyl (C=O) groups is 1. The number of sulfonamides is 1. The van der Waals surface area contributed by atoms with Gasteiger partial charge in [0.05, 0.1) is 18.4 Å². The van der Waals surface area contributed by atoms with Crippen LogP contribution in [0, 0.1) is 0 Å². The second-order valence-corrected chi connectivity index (χ2v) is 6.58. The average molecular weight is 370 g/mol. The van der Waals surface area contributed by atoms with Gasteiger partial charge in [-0.1, -0.05) is 24.3 Å². The monoisotopic (exact) mass is 369 g/mol. The van der Waals surface area contributed by atoms with Crippen LogP contribution in [0.5, 0.6) is 0 Å². The summed E-state index contributed by atoms with van der Waals surface area (Å²) in [4.78, 5) is 11.5. The molecule has 21 heavy (non-hydrogen) atoms. The lowest BCUT2D eigenvalue weighted by atomic mass is 10.2. The average Bonchev–Trinajstić information content (AvgIpc) is 2.48. The highest BCUT2D eigenvalue weighted by atomic mass is 79.9. The molecule has 0 aliphatic rings. The third-order valence-corrected chi connectivity index (χ3v) is 4.82. The summed E-state index contributed by atoms with van der Waals surface area (Å²) in [5.41, 5.74) is 0.372.